The highest BCUT2D eigenvalue weighted by Gasteiger charge is 2.22. The second-order valence-electron chi connectivity index (χ2n) is 4.75. The number of hydrogen-bond acceptors (Lipinski definition) is 2. The quantitative estimate of drug-likeness (QED) is 0.755. The van der Waals surface area contributed by atoms with E-state index in [0.29, 0.717) is 13.0 Å². The zero-order valence-corrected chi connectivity index (χ0v) is 11.2. The average Bonchev–Trinajstić information content (AvgIpc) is 2.25. The van der Waals surface area contributed by atoms with E-state index in [0.717, 1.165) is 5.56 Å². The van der Waals surface area contributed by atoms with E-state index < -0.39 is 0 Å². The van der Waals surface area contributed by atoms with Gasteiger partial charge in [-0.25, -0.2) is 0 Å². The minimum atomic E-state index is -0.277. The van der Waals surface area contributed by atoms with Crippen LogP contribution in [0.25, 0.3) is 0 Å². The normalized spacial score (nSPS) is 12.8. The van der Waals surface area contributed by atoms with Crippen LogP contribution in [0.15, 0.2) is 24.3 Å². The second-order valence-corrected chi connectivity index (χ2v) is 4.75. The molecule has 0 saturated heterocycles. The third-order valence-electron chi connectivity index (χ3n) is 2.73. The molecule has 0 radical (unpaired) electrons. The summed E-state index contributed by atoms with van der Waals surface area (Å²) in [5.41, 5.74) is 2.26. The maximum Gasteiger partial charge on any atom is 0.166 e. The summed E-state index contributed by atoms with van der Waals surface area (Å²) in [5.74, 6) is 0.403. The van der Waals surface area contributed by atoms with E-state index in [1.807, 2.05) is 45.9 Å². The van der Waals surface area contributed by atoms with Crippen molar-refractivity contribution in [1.82, 2.24) is 0 Å². The molecule has 0 aliphatic carbocycles. The fourth-order valence-corrected chi connectivity index (χ4v) is 1.96. The Morgan fingerprint density at radius 3 is 2.59 bits per heavy atom. The van der Waals surface area contributed by atoms with Crippen molar-refractivity contribution in [3.8, 4) is 0 Å². The molecular weight excluding hydrogens is 212 g/mol. The Labute approximate surface area is 104 Å². The summed E-state index contributed by atoms with van der Waals surface area (Å²) >= 11 is 0. The molecule has 0 aliphatic heterocycles. The molecule has 17 heavy (non-hydrogen) atoms. The monoisotopic (exact) mass is 234 g/mol. The summed E-state index contributed by atoms with van der Waals surface area (Å²) in [6.07, 6.45) is 0.186. The molecule has 1 atom stereocenters. The Hall–Kier alpha value is -1.15. The lowest BCUT2D eigenvalue weighted by molar-refractivity contribution is -0.132. The van der Waals surface area contributed by atoms with Crippen LogP contribution in [-0.2, 0) is 16.0 Å². The summed E-state index contributed by atoms with van der Waals surface area (Å²) in [6, 6.07) is 8.08. The van der Waals surface area contributed by atoms with Gasteiger partial charge in [0.05, 0.1) is 0 Å². The maximum absolute atomic E-state index is 12.1. The molecule has 2 nitrogen and oxygen atoms in total. The molecule has 1 aromatic carbocycles. The van der Waals surface area contributed by atoms with Crippen molar-refractivity contribution in [3.63, 3.8) is 0 Å². The lowest BCUT2D eigenvalue weighted by atomic mass is 9.97. The zero-order valence-electron chi connectivity index (χ0n) is 11.2. The Balaban J connectivity index is 2.69. The number of ether oxygens (including phenoxy) is 1. The van der Waals surface area contributed by atoms with Gasteiger partial charge in [-0.05, 0) is 25.3 Å². The molecule has 0 aliphatic rings. The van der Waals surface area contributed by atoms with Crippen LogP contribution >= 0.6 is 0 Å². The van der Waals surface area contributed by atoms with Gasteiger partial charge in [0.25, 0.3) is 0 Å². The van der Waals surface area contributed by atoms with Gasteiger partial charge in [-0.3, -0.25) is 4.79 Å². The van der Waals surface area contributed by atoms with Crippen molar-refractivity contribution < 1.29 is 9.53 Å². The molecule has 0 heterocycles. The summed E-state index contributed by atoms with van der Waals surface area (Å²) < 4.78 is 5.52. The van der Waals surface area contributed by atoms with Crippen LogP contribution in [0.3, 0.4) is 0 Å². The summed E-state index contributed by atoms with van der Waals surface area (Å²) in [6.45, 7) is 8.59. The molecular formula is C15H22O2. The van der Waals surface area contributed by atoms with E-state index in [-0.39, 0.29) is 17.8 Å². The molecule has 0 bridgehead atoms. The van der Waals surface area contributed by atoms with Gasteiger partial charge in [0.1, 0.15) is 6.10 Å². The Morgan fingerprint density at radius 1 is 1.35 bits per heavy atom. The predicted molar refractivity (Wildman–Crippen MR) is 70.1 cm³/mol. The van der Waals surface area contributed by atoms with Crippen LogP contribution in [-0.4, -0.2) is 18.5 Å². The van der Waals surface area contributed by atoms with Crippen LogP contribution in [0, 0.1) is 12.8 Å². The number of carbonyl (C=O) groups is 1. The molecule has 94 valence electrons. The van der Waals surface area contributed by atoms with Crippen molar-refractivity contribution in [3.05, 3.63) is 35.4 Å². The predicted octanol–water partition coefficient (Wildman–Crippen LogP) is 3.17. The first kappa shape index (κ1) is 13.9. The van der Waals surface area contributed by atoms with Gasteiger partial charge in [0, 0.05) is 13.0 Å². The van der Waals surface area contributed by atoms with Crippen LogP contribution in [0.4, 0.5) is 0 Å². The molecule has 0 aromatic heterocycles. The Bertz CT molecular complexity index is 369. The number of hydrogen-bond donors (Lipinski definition) is 0. The molecule has 2 heteroatoms. The third-order valence-corrected chi connectivity index (χ3v) is 2.73. The second kappa shape index (κ2) is 6.55. The lowest BCUT2D eigenvalue weighted by Crippen LogP contribution is -2.31. The molecule has 0 N–H and O–H groups in total. The molecule has 0 amide bonds. The van der Waals surface area contributed by atoms with Crippen molar-refractivity contribution in [2.45, 2.75) is 40.2 Å². The largest absolute Gasteiger partial charge is 0.370 e. The minimum Gasteiger partial charge on any atom is -0.370 e. The molecule has 0 fully saturated rings. The van der Waals surface area contributed by atoms with Crippen molar-refractivity contribution >= 4 is 5.78 Å². The van der Waals surface area contributed by atoms with Crippen molar-refractivity contribution in [2.24, 2.45) is 5.92 Å². The Morgan fingerprint density at radius 2 is 2.06 bits per heavy atom. The molecule has 1 aromatic rings. The fourth-order valence-electron chi connectivity index (χ4n) is 1.96. The standard InChI is InChI=1S/C15H22O2/c1-5-17-15(11(2)3)14(16)10-13-8-6-7-12(4)9-13/h6-9,11,15H,5,10H2,1-4H3. The minimum absolute atomic E-state index is 0.174. The number of carbonyl (C=O) groups excluding carboxylic acids is 1. The summed E-state index contributed by atoms with van der Waals surface area (Å²) in [7, 11) is 0. The maximum atomic E-state index is 12.1. The van der Waals surface area contributed by atoms with E-state index in [4.69, 9.17) is 4.74 Å². The van der Waals surface area contributed by atoms with Crippen LogP contribution < -0.4 is 0 Å². The number of rotatable bonds is 6. The number of Topliss-reactive ketones (excluding diaryl/α,β-unsaturated/α-hetero) is 1. The van der Waals surface area contributed by atoms with Gasteiger partial charge in [-0.15, -0.1) is 0 Å². The van der Waals surface area contributed by atoms with E-state index in [1.165, 1.54) is 5.56 Å². The zero-order chi connectivity index (χ0) is 12.8. The number of aryl methyl sites for hydroxylation is 1. The fraction of sp³-hybridized carbons (Fsp3) is 0.533. The van der Waals surface area contributed by atoms with Crippen molar-refractivity contribution in [1.29, 1.82) is 0 Å². The van der Waals surface area contributed by atoms with Gasteiger partial charge in [-0.2, -0.15) is 0 Å². The van der Waals surface area contributed by atoms with E-state index >= 15 is 0 Å². The van der Waals surface area contributed by atoms with Crippen LogP contribution in [0.5, 0.6) is 0 Å². The van der Waals surface area contributed by atoms with E-state index in [2.05, 4.69) is 6.07 Å². The van der Waals surface area contributed by atoms with E-state index in [9.17, 15) is 4.79 Å². The molecule has 1 unspecified atom stereocenters. The first-order valence-corrected chi connectivity index (χ1v) is 6.24. The number of benzene rings is 1. The highest BCUT2D eigenvalue weighted by Crippen LogP contribution is 2.12. The van der Waals surface area contributed by atoms with Gasteiger partial charge >= 0.3 is 0 Å². The van der Waals surface area contributed by atoms with E-state index in [1.54, 1.807) is 0 Å². The van der Waals surface area contributed by atoms with Gasteiger partial charge < -0.3 is 4.74 Å². The van der Waals surface area contributed by atoms with Crippen LogP contribution in [0.1, 0.15) is 31.9 Å². The SMILES string of the molecule is CCOC(C(=O)Cc1cccc(C)c1)C(C)C. The van der Waals surface area contributed by atoms with Gasteiger partial charge in [0.15, 0.2) is 5.78 Å². The Kier molecular flexibility index (Phi) is 5.36. The molecule has 1 rings (SSSR count). The average molecular weight is 234 g/mol. The third kappa shape index (κ3) is 4.31. The highest BCUT2D eigenvalue weighted by atomic mass is 16.5. The summed E-state index contributed by atoms with van der Waals surface area (Å²) in [5, 5.41) is 0. The van der Waals surface area contributed by atoms with Gasteiger partial charge in [0.2, 0.25) is 0 Å². The summed E-state index contributed by atoms with van der Waals surface area (Å²) in [4.78, 5) is 12.1. The first-order chi connectivity index (χ1) is 8.04. The first-order valence-electron chi connectivity index (χ1n) is 6.24. The lowest BCUT2D eigenvalue weighted by Gasteiger charge is -2.19. The molecule has 0 spiro atoms. The highest BCUT2D eigenvalue weighted by molar-refractivity contribution is 5.85. The smallest absolute Gasteiger partial charge is 0.166 e. The topological polar surface area (TPSA) is 26.3 Å². The van der Waals surface area contributed by atoms with Crippen LogP contribution in [0.2, 0.25) is 0 Å². The number of ketones is 1. The molecule has 0 saturated carbocycles. The van der Waals surface area contributed by atoms with Gasteiger partial charge in [-0.1, -0.05) is 43.7 Å². The van der Waals surface area contributed by atoms with Crippen molar-refractivity contribution in [2.75, 3.05) is 6.61 Å².